The van der Waals surface area contributed by atoms with E-state index in [1.54, 1.807) is 12.1 Å². The van der Waals surface area contributed by atoms with E-state index >= 15 is 0 Å². The van der Waals surface area contributed by atoms with Crippen molar-refractivity contribution < 1.29 is 18.7 Å². The normalized spacial score (nSPS) is 10.8. The second-order valence-corrected chi connectivity index (χ2v) is 5.35. The third-order valence-corrected chi connectivity index (χ3v) is 4.11. The van der Waals surface area contributed by atoms with Crippen molar-refractivity contribution in [2.45, 2.75) is 12.8 Å². The van der Waals surface area contributed by atoms with E-state index in [2.05, 4.69) is 0 Å². The van der Waals surface area contributed by atoms with Crippen molar-refractivity contribution in [1.82, 2.24) is 0 Å². The Morgan fingerprint density at radius 2 is 2.10 bits per heavy atom. The smallest absolute Gasteiger partial charge is 0.197 e. The Balaban J connectivity index is 2.48. The first-order valence-corrected chi connectivity index (χ1v) is 7.01. The first kappa shape index (κ1) is 14.7. The summed E-state index contributed by atoms with van der Waals surface area (Å²) in [4.78, 5) is 12.5. The molecule has 0 saturated carbocycles. The van der Waals surface area contributed by atoms with Crippen LogP contribution in [0.5, 0.6) is 11.5 Å². The highest BCUT2D eigenvalue weighted by atomic mass is 32.1. The van der Waals surface area contributed by atoms with Gasteiger partial charge in [0.2, 0.25) is 0 Å². The van der Waals surface area contributed by atoms with Gasteiger partial charge in [-0.15, -0.1) is 11.3 Å². The van der Waals surface area contributed by atoms with Crippen molar-refractivity contribution in [3.63, 3.8) is 0 Å². The van der Waals surface area contributed by atoms with E-state index in [1.165, 1.54) is 25.6 Å². The van der Waals surface area contributed by atoms with Crippen LogP contribution in [0.3, 0.4) is 0 Å². The largest absolute Gasteiger partial charge is 0.493 e. The van der Waals surface area contributed by atoms with Gasteiger partial charge in [-0.25, -0.2) is 4.39 Å². The zero-order chi connectivity index (χ0) is 14.7. The lowest BCUT2D eigenvalue weighted by Gasteiger charge is -2.08. The SMILES string of the molecule is COc1cc2sc(C(=O)CCCN)cc2c(F)c1OC. The zero-order valence-electron chi connectivity index (χ0n) is 11.4. The molecule has 2 aromatic rings. The summed E-state index contributed by atoms with van der Waals surface area (Å²) in [5.74, 6) is -0.149. The van der Waals surface area contributed by atoms with Crippen LogP contribution >= 0.6 is 11.3 Å². The molecule has 1 aromatic heterocycles. The predicted octanol–water partition coefficient (Wildman–Crippen LogP) is 2.98. The second kappa shape index (κ2) is 6.19. The topological polar surface area (TPSA) is 61.5 Å². The third kappa shape index (κ3) is 2.62. The van der Waals surface area contributed by atoms with Crippen LogP contribution < -0.4 is 15.2 Å². The van der Waals surface area contributed by atoms with E-state index in [4.69, 9.17) is 15.2 Å². The Bertz CT molecular complexity index is 639. The van der Waals surface area contributed by atoms with Gasteiger partial charge in [0, 0.05) is 22.6 Å². The number of fused-ring (bicyclic) bond motifs is 1. The van der Waals surface area contributed by atoms with E-state index < -0.39 is 5.82 Å². The lowest BCUT2D eigenvalue weighted by Crippen LogP contribution is -2.03. The number of benzene rings is 1. The Hall–Kier alpha value is -1.66. The Morgan fingerprint density at radius 3 is 2.70 bits per heavy atom. The molecule has 1 heterocycles. The number of ketones is 1. The predicted molar refractivity (Wildman–Crippen MR) is 77.5 cm³/mol. The molecule has 0 atom stereocenters. The molecule has 0 fully saturated rings. The number of nitrogens with two attached hydrogens (primary N) is 1. The molecule has 0 aliphatic rings. The van der Waals surface area contributed by atoms with E-state index in [9.17, 15) is 9.18 Å². The van der Waals surface area contributed by atoms with Gasteiger partial charge in [-0.3, -0.25) is 4.79 Å². The number of carbonyl (C=O) groups is 1. The molecule has 2 N–H and O–H groups in total. The number of ether oxygens (including phenoxy) is 2. The molecule has 0 unspecified atom stereocenters. The summed E-state index contributed by atoms with van der Waals surface area (Å²) in [7, 11) is 2.83. The molecule has 0 aliphatic carbocycles. The van der Waals surface area contributed by atoms with Gasteiger partial charge < -0.3 is 15.2 Å². The minimum absolute atomic E-state index is 0.0195. The molecular weight excluding hydrogens is 281 g/mol. The summed E-state index contributed by atoms with van der Waals surface area (Å²) in [6.45, 7) is 0.465. The average molecular weight is 297 g/mol. The van der Waals surface area contributed by atoms with Gasteiger partial charge in [0.1, 0.15) is 0 Å². The Kier molecular flexibility index (Phi) is 4.57. The number of Topliss-reactive ketones (excluding diaryl/α,β-unsaturated/α-hetero) is 1. The van der Waals surface area contributed by atoms with Gasteiger partial charge in [-0.05, 0) is 19.0 Å². The summed E-state index contributed by atoms with van der Waals surface area (Å²) in [6.07, 6.45) is 1.00. The minimum atomic E-state index is -0.504. The number of thiophene rings is 1. The monoisotopic (exact) mass is 297 g/mol. The number of hydrogen-bond acceptors (Lipinski definition) is 5. The molecule has 0 bridgehead atoms. The van der Waals surface area contributed by atoms with Gasteiger partial charge in [-0.1, -0.05) is 0 Å². The Morgan fingerprint density at radius 1 is 1.35 bits per heavy atom. The van der Waals surface area contributed by atoms with Crippen molar-refractivity contribution in [3.8, 4) is 11.5 Å². The molecule has 6 heteroatoms. The van der Waals surface area contributed by atoms with Crippen molar-refractivity contribution >= 4 is 27.2 Å². The molecule has 2 rings (SSSR count). The lowest BCUT2D eigenvalue weighted by molar-refractivity contribution is 0.0984. The van der Waals surface area contributed by atoms with Crippen LogP contribution in [-0.2, 0) is 0 Å². The van der Waals surface area contributed by atoms with E-state index in [0.29, 0.717) is 40.1 Å². The molecule has 0 aliphatic heterocycles. The van der Waals surface area contributed by atoms with Crippen molar-refractivity contribution in [1.29, 1.82) is 0 Å². The quantitative estimate of drug-likeness (QED) is 0.833. The van der Waals surface area contributed by atoms with Crippen LogP contribution in [0.15, 0.2) is 12.1 Å². The van der Waals surface area contributed by atoms with Crippen molar-refractivity contribution in [2.24, 2.45) is 5.73 Å². The fourth-order valence-electron chi connectivity index (χ4n) is 1.96. The first-order valence-electron chi connectivity index (χ1n) is 6.19. The van der Waals surface area contributed by atoms with Crippen molar-refractivity contribution in [3.05, 3.63) is 22.8 Å². The van der Waals surface area contributed by atoms with E-state index in [1.807, 2.05) is 0 Å². The summed E-state index contributed by atoms with van der Waals surface area (Å²) < 4.78 is 25.1. The van der Waals surface area contributed by atoms with Gasteiger partial charge >= 0.3 is 0 Å². The fraction of sp³-hybridized carbons (Fsp3) is 0.357. The molecule has 0 radical (unpaired) electrons. The molecule has 1 aromatic carbocycles. The number of halogens is 1. The summed E-state index contributed by atoms with van der Waals surface area (Å²) in [5.41, 5.74) is 5.39. The molecular formula is C14H16FNO3S. The molecule has 4 nitrogen and oxygen atoms in total. The van der Waals surface area contributed by atoms with Gasteiger partial charge in [0.15, 0.2) is 23.1 Å². The highest BCUT2D eigenvalue weighted by molar-refractivity contribution is 7.20. The van der Waals surface area contributed by atoms with Crippen LogP contribution in [0.4, 0.5) is 4.39 Å². The maximum absolute atomic E-state index is 14.3. The average Bonchev–Trinajstić information content (AvgIpc) is 2.88. The van der Waals surface area contributed by atoms with Crippen LogP contribution in [0, 0.1) is 5.82 Å². The van der Waals surface area contributed by atoms with Crippen LogP contribution in [0.1, 0.15) is 22.5 Å². The fourth-order valence-corrected chi connectivity index (χ4v) is 3.02. The van der Waals surface area contributed by atoms with Crippen molar-refractivity contribution in [2.75, 3.05) is 20.8 Å². The number of rotatable bonds is 6. The van der Waals surface area contributed by atoms with Gasteiger partial charge in [-0.2, -0.15) is 0 Å². The van der Waals surface area contributed by atoms with Crippen LogP contribution in [-0.4, -0.2) is 26.5 Å². The zero-order valence-corrected chi connectivity index (χ0v) is 12.2. The number of methoxy groups -OCH3 is 2. The van der Waals surface area contributed by atoms with E-state index in [0.717, 1.165) is 0 Å². The second-order valence-electron chi connectivity index (χ2n) is 4.26. The summed E-state index contributed by atoms with van der Waals surface area (Å²) >= 11 is 1.25. The Labute approximate surface area is 120 Å². The highest BCUT2D eigenvalue weighted by Crippen LogP contribution is 2.39. The minimum Gasteiger partial charge on any atom is -0.493 e. The van der Waals surface area contributed by atoms with Gasteiger partial charge in [0.05, 0.1) is 19.1 Å². The number of carbonyl (C=O) groups excluding carboxylic acids is 1. The molecule has 108 valence electrons. The highest BCUT2D eigenvalue weighted by Gasteiger charge is 2.19. The molecule has 0 amide bonds. The molecule has 0 saturated heterocycles. The first-order chi connectivity index (χ1) is 9.62. The maximum atomic E-state index is 14.3. The third-order valence-electron chi connectivity index (χ3n) is 2.99. The van der Waals surface area contributed by atoms with E-state index in [-0.39, 0.29) is 11.5 Å². The lowest BCUT2D eigenvalue weighted by atomic mass is 10.1. The van der Waals surface area contributed by atoms with Gasteiger partial charge in [0.25, 0.3) is 0 Å². The summed E-state index contributed by atoms with van der Waals surface area (Å²) in [6, 6.07) is 3.25. The number of hydrogen-bond donors (Lipinski definition) is 1. The maximum Gasteiger partial charge on any atom is 0.197 e. The molecule has 0 spiro atoms. The van der Waals surface area contributed by atoms with Crippen LogP contribution in [0.2, 0.25) is 0 Å². The molecule has 20 heavy (non-hydrogen) atoms. The standard InChI is InChI=1S/C14H16FNO3S/c1-18-10-7-11-8(13(15)14(10)19-2)6-12(20-11)9(17)4-3-5-16/h6-7H,3-5,16H2,1-2H3. The summed E-state index contributed by atoms with van der Waals surface area (Å²) in [5, 5.41) is 0.378. The van der Waals surface area contributed by atoms with Crippen LogP contribution in [0.25, 0.3) is 10.1 Å².